The second-order valence-corrected chi connectivity index (χ2v) is 5.67. The Balaban J connectivity index is 1.91. The topological polar surface area (TPSA) is 17.1 Å². The van der Waals surface area contributed by atoms with Gasteiger partial charge in [0, 0.05) is 11.3 Å². The molecule has 0 aliphatic carbocycles. The molecule has 0 aliphatic rings. The van der Waals surface area contributed by atoms with Crippen molar-refractivity contribution in [2.45, 2.75) is 11.3 Å². The Morgan fingerprint density at radius 3 is 2.65 bits per heavy atom. The number of ketones is 1. The summed E-state index contributed by atoms with van der Waals surface area (Å²) in [6, 6.07) is 10.4. The minimum atomic E-state index is -0.533. The molecule has 0 N–H and O–H groups in total. The van der Waals surface area contributed by atoms with Crippen LogP contribution >= 0.6 is 23.4 Å². The molecular weight excluding hydrogens is 302 g/mol. The van der Waals surface area contributed by atoms with Crippen LogP contribution < -0.4 is 0 Å². The normalized spacial score (nSPS) is 10.6. The molecule has 0 fully saturated rings. The van der Waals surface area contributed by atoms with Gasteiger partial charge in [-0.05, 0) is 35.9 Å². The zero-order chi connectivity index (χ0) is 14.5. The van der Waals surface area contributed by atoms with E-state index >= 15 is 0 Å². The van der Waals surface area contributed by atoms with Crippen molar-refractivity contribution in [3.63, 3.8) is 0 Å². The molecule has 0 aliphatic heterocycles. The molecule has 0 unspecified atom stereocenters. The highest BCUT2D eigenvalue weighted by atomic mass is 35.5. The van der Waals surface area contributed by atoms with Crippen LogP contribution in [0.2, 0.25) is 5.02 Å². The molecule has 0 spiro atoms. The average Bonchev–Trinajstić information content (AvgIpc) is 2.41. The zero-order valence-corrected chi connectivity index (χ0v) is 12.0. The van der Waals surface area contributed by atoms with Crippen molar-refractivity contribution < 1.29 is 13.6 Å². The predicted octanol–water partition coefficient (Wildman–Crippen LogP) is 4.52. The Hall–Kier alpha value is -1.39. The molecule has 0 atom stereocenters. The maximum Gasteiger partial charge on any atom is 0.147 e. The van der Waals surface area contributed by atoms with Gasteiger partial charge in [0.15, 0.2) is 0 Å². The van der Waals surface area contributed by atoms with E-state index < -0.39 is 5.82 Å². The van der Waals surface area contributed by atoms with Gasteiger partial charge in [0.05, 0.1) is 10.8 Å². The molecule has 0 saturated carbocycles. The van der Waals surface area contributed by atoms with E-state index in [1.807, 2.05) is 0 Å². The lowest BCUT2D eigenvalue weighted by atomic mass is 10.1. The molecule has 2 aromatic carbocycles. The molecule has 2 rings (SSSR count). The monoisotopic (exact) mass is 312 g/mol. The molecule has 1 nitrogen and oxygen atoms in total. The molecule has 2 aromatic rings. The first-order chi connectivity index (χ1) is 9.54. The number of Topliss-reactive ketones (excluding diaryl/α,β-unsaturated/α-hetero) is 1. The van der Waals surface area contributed by atoms with Crippen LogP contribution in [0.4, 0.5) is 8.78 Å². The van der Waals surface area contributed by atoms with E-state index in [1.54, 1.807) is 18.2 Å². The maximum absolute atomic E-state index is 13.2. The van der Waals surface area contributed by atoms with E-state index in [2.05, 4.69) is 0 Å². The molecule has 0 heterocycles. The minimum Gasteiger partial charge on any atom is -0.298 e. The van der Waals surface area contributed by atoms with Crippen LogP contribution in [0.5, 0.6) is 0 Å². The summed E-state index contributed by atoms with van der Waals surface area (Å²) in [6.45, 7) is 0. The fourth-order valence-corrected chi connectivity index (χ4v) is 2.57. The Labute approximate surface area is 125 Å². The first kappa shape index (κ1) is 15.0. The number of hydrogen-bond acceptors (Lipinski definition) is 2. The number of halogens is 3. The van der Waals surface area contributed by atoms with Gasteiger partial charge in [0.2, 0.25) is 0 Å². The van der Waals surface area contributed by atoms with Crippen LogP contribution in [0.15, 0.2) is 47.4 Å². The average molecular weight is 313 g/mol. The predicted molar refractivity (Wildman–Crippen MR) is 77.2 cm³/mol. The number of carbonyl (C=O) groups excluding carboxylic acids is 1. The first-order valence-corrected chi connectivity index (χ1v) is 7.25. The van der Waals surface area contributed by atoms with Crippen molar-refractivity contribution in [1.82, 2.24) is 0 Å². The molecule has 0 bridgehead atoms. The molecule has 0 saturated heterocycles. The van der Waals surface area contributed by atoms with Gasteiger partial charge in [-0.25, -0.2) is 8.78 Å². The van der Waals surface area contributed by atoms with Gasteiger partial charge in [0.1, 0.15) is 17.4 Å². The van der Waals surface area contributed by atoms with E-state index in [9.17, 15) is 13.6 Å². The Kier molecular flexibility index (Phi) is 5.15. The van der Waals surface area contributed by atoms with Crippen molar-refractivity contribution in [3.05, 3.63) is 64.7 Å². The quantitative estimate of drug-likeness (QED) is 0.755. The third kappa shape index (κ3) is 4.32. The van der Waals surface area contributed by atoms with Gasteiger partial charge in [-0.2, -0.15) is 0 Å². The zero-order valence-electron chi connectivity index (χ0n) is 10.4. The van der Waals surface area contributed by atoms with Crippen molar-refractivity contribution in [2.24, 2.45) is 0 Å². The molecular formula is C15H11ClF2OS. The summed E-state index contributed by atoms with van der Waals surface area (Å²) in [6.07, 6.45) is 0.135. The summed E-state index contributed by atoms with van der Waals surface area (Å²) in [4.78, 5) is 12.5. The lowest BCUT2D eigenvalue weighted by Gasteiger charge is -2.03. The summed E-state index contributed by atoms with van der Waals surface area (Å²) in [5, 5.41) is 0.0373. The third-order valence-electron chi connectivity index (χ3n) is 2.58. The Bertz CT molecular complexity index is 631. The highest BCUT2D eigenvalue weighted by molar-refractivity contribution is 8.00. The number of carbonyl (C=O) groups is 1. The van der Waals surface area contributed by atoms with Gasteiger partial charge in [0.25, 0.3) is 0 Å². The van der Waals surface area contributed by atoms with Gasteiger partial charge < -0.3 is 0 Å². The van der Waals surface area contributed by atoms with Crippen LogP contribution in [0.1, 0.15) is 5.56 Å². The fourth-order valence-electron chi connectivity index (χ4n) is 1.65. The van der Waals surface area contributed by atoms with E-state index in [1.165, 1.54) is 36.0 Å². The largest absolute Gasteiger partial charge is 0.298 e. The summed E-state index contributed by atoms with van der Waals surface area (Å²) in [5.74, 6) is -0.703. The van der Waals surface area contributed by atoms with E-state index in [0.29, 0.717) is 10.5 Å². The van der Waals surface area contributed by atoms with Crippen LogP contribution in [0.25, 0.3) is 0 Å². The lowest BCUT2D eigenvalue weighted by Crippen LogP contribution is -2.06. The van der Waals surface area contributed by atoms with Crippen molar-refractivity contribution in [2.75, 3.05) is 5.75 Å². The molecule has 20 heavy (non-hydrogen) atoms. The van der Waals surface area contributed by atoms with Crippen LogP contribution in [0, 0.1) is 11.6 Å². The highest BCUT2D eigenvalue weighted by Crippen LogP contribution is 2.20. The van der Waals surface area contributed by atoms with Crippen LogP contribution in [0.3, 0.4) is 0 Å². The maximum atomic E-state index is 13.2. The summed E-state index contributed by atoms with van der Waals surface area (Å²) in [5.41, 5.74) is 0.580. The lowest BCUT2D eigenvalue weighted by molar-refractivity contribution is -0.116. The van der Waals surface area contributed by atoms with E-state index in [0.717, 1.165) is 0 Å². The third-order valence-corrected chi connectivity index (χ3v) is 3.94. The van der Waals surface area contributed by atoms with E-state index in [-0.39, 0.29) is 28.8 Å². The van der Waals surface area contributed by atoms with Crippen LogP contribution in [-0.4, -0.2) is 11.5 Å². The summed E-state index contributed by atoms with van der Waals surface area (Å²) >= 11 is 6.83. The molecule has 0 amide bonds. The second-order valence-electron chi connectivity index (χ2n) is 4.21. The van der Waals surface area contributed by atoms with Crippen molar-refractivity contribution in [3.8, 4) is 0 Å². The summed E-state index contributed by atoms with van der Waals surface area (Å²) in [7, 11) is 0. The fraction of sp³-hybridized carbons (Fsp3) is 0.133. The number of rotatable bonds is 5. The SMILES string of the molecule is O=C(CSc1cccc(F)c1)Cc1ccc(Cl)c(F)c1. The smallest absolute Gasteiger partial charge is 0.147 e. The standard InChI is InChI=1S/C15H11ClF2OS/c16-14-5-4-10(7-15(14)18)6-12(19)9-20-13-3-1-2-11(17)8-13/h1-5,7-8H,6,9H2. The Morgan fingerprint density at radius 2 is 1.95 bits per heavy atom. The molecule has 104 valence electrons. The Morgan fingerprint density at radius 1 is 1.15 bits per heavy atom. The van der Waals surface area contributed by atoms with Gasteiger partial charge in [-0.15, -0.1) is 11.8 Å². The van der Waals surface area contributed by atoms with Crippen molar-refractivity contribution in [1.29, 1.82) is 0 Å². The number of hydrogen-bond donors (Lipinski definition) is 0. The molecule has 0 aromatic heterocycles. The minimum absolute atomic E-state index is 0.0373. The number of thioether (sulfide) groups is 1. The number of benzene rings is 2. The molecule has 5 heteroatoms. The molecule has 0 radical (unpaired) electrons. The van der Waals surface area contributed by atoms with Gasteiger partial charge >= 0.3 is 0 Å². The van der Waals surface area contributed by atoms with Crippen LogP contribution in [-0.2, 0) is 11.2 Å². The second kappa shape index (κ2) is 6.86. The highest BCUT2D eigenvalue weighted by Gasteiger charge is 2.08. The van der Waals surface area contributed by atoms with Gasteiger partial charge in [-0.1, -0.05) is 23.7 Å². The first-order valence-electron chi connectivity index (χ1n) is 5.88. The van der Waals surface area contributed by atoms with E-state index in [4.69, 9.17) is 11.6 Å². The summed E-state index contributed by atoms with van der Waals surface area (Å²) < 4.78 is 26.2. The van der Waals surface area contributed by atoms with Gasteiger partial charge in [-0.3, -0.25) is 4.79 Å². The van der Waals surface area contributed by atoms with Crippen molar-refractivity contribution >= 4 is 29.1 Å².